The molecule has 1 aromatic carbocycles. The molecule has 1 amide bonds. The molecule has 1 unspecified atom stereocenters. The summed E-state index contributed by atoms with van der Waals surface area (Å²) in [5, 5.41) is 0. The van der Waals surface area contributed by atoms with Crippen molar-refractivity contribution in [1.29, 1.82) is 0 Å². The number of hydrogen-bond acceptors (Lipinski definition) is 4. The van der Waals surface area contributed by atoms with Crippen LogP contribution in [0, 0.1) is 11.7 Å². The lowest BCUT2D eigenvalue weighted by Gasteiger charge is -2.26. The Morgan fingerprint density at radius 2 is 1.79 bits per heavy atom. The van der Waals surface area contributed by atoms with Crippen molar-refractivity contribution in [2.75, 3.05) is 13.1 Å². The number of carbonyl (C=O) groups excluding carboxylic acids is 3. The molecule has 1 atom stereocenters. The summed E-state index contributed by atoms with van der Waals surface area (Å²) in [6.45, 7) is 5.83. The largest absolute Gasteiger partial charge is 0.444 e. The first-order valence-corrected chi connectivity index (χ1v) is 7.98. The first-order valence-electron chi connectivity index (χ1n) is 7.98. The van der Waals surface area contributed by atoms with Gasteiger partial charge >= 0.3 is 6.09 Å². The van der Waals surface area contributed by atoms with Crippen LogP contribution in [-0.2, 0) is 9.53 Å². The Morgan fingerprint density at radius 1 is 1.17 bits per heavy atom. The number of rotatable bonds is 2. The first kappa shape index (κ1) is 18.1. The molecule has 0 saturated carbocycles. The highest BCUT2D eigenvalue weighted by Gasteiger charge is 2.33. The van der Waals surface area contributed by atoms with E-state index in [-0.39, 0.29) is 37.5 Å². The van der Waals surface area contributed by atoms with Crippen LogP contribution in [0.1, 0.15) is 44.0 Å². The number of halogens is 1. The molecule has 1 fully saturated rings. The van der Waals surface area contributed by atoms with Gasteiger partial charge < -0.3 is 9.64 Å². The van der Waals surface area contributed by atoms with Gasteiger partial charge in [-0.05, 0) is 51.5 Å². The van der Waals surface area contributed by atoms with Crippen LogP contribution in [0.5, 0.6) is 0 Å². The van der Waals surface area contributed by atoms with E-state index in [2.05, 4.69) is 0 Å². The summed E-state index contributed by atoms with van der Waals surface area (Å²) in [7, 11) is 0. The van der Waals surface area contributed by atoms with Crippen LogP contribution in [0.15, 0.2) is 24.3 Å². The molecule has 0 aromatic heterocycles. The fourth-order valence-corrected chi connectivity index (χ4v) is 2.58. The average molecular weight is 335 g/mol. The van der Waals surface area contributed by atoms with Gasteiger partial charge in [-0.1, -0.05) is 0 Å². The predicted molar refractivity (Wildman–Crippen MR) is 86.3 cm³/mol. The smallest absolute Gasteiger partial charge is 0.410 e. The van der Waals surface area contributed by atoms with Crippen molar-refractivity contribution in [2.24, 2.45) is 5.92 Å². The van der Waals surface area contributed by atoms with E-state index in [1.807, 2.05) is 0 Å². The van der Waals surface area contributed by atoms with E-state index in [1.165, 1.54) is 29.2 Å². The van der Waals surface area contributed by atoms with Gasteiger partial charge in [0.25, 0.3) is 0 Å². The van der Waals surface area contributed by atoms with Gasteiger partial charge in [0.1, 0.15) is 17.2 Å². The van der Waals surface area contributed by atoms with E-state index in [1.54, 1.807) is 20.8 Å². The minimum atomic E-state index is -0.803. The lowest BCUT2D eigenvalue weighted by atomic mass is 9.90. The lowest BCUT2D eigenvalue weighted by Crippen LogP contribution is -2.37. The number of hydrogen-bond donors (Lipinski definition) is 0. The molecule has 130 valence electrons. The highest BCUT2D eigenvalue weighted by atomic mass is 19.1. The molecule has 0 N–H and O–H groups in total. The highest BCUT2D eigenvalue weighted by Crippen LogP contribution is 2.21. The van der Waals surface area contributed by atoms with Crippen molar-refractivity contribution in [1.82, 2.24) is 4.90 Å². The molecular formula is C18H22FNO4. The number of amides is 1. The number of ketones is 2. The second-order valence-corrected chi connectivity index (χ2v) is 6.90. The number of Topliss-reactive ketones (excluding diaryl/α,β-unsaturated/α-hetero) is 2. The summed E-state index contributed by atoms with van der Waals surface area (Å²) >= 11 is 0. The Morgan fingerprint density at radius 3 is 2.38 bits per heavy atom. The molecule has 1 heterocycles. The third-order valence-electron chi connectivity index (χ3n) is 3.80. The van der Waals surface area contributed by atoms with Gasteiger partial charge in [0.15, 0.2) is 5.78 Å². The highest BCUT2D eigenvalue weighted by molar-refractivity contribution is 6.10. The zero-order valence-corrected chi connectivity index (χ0v) is 14.2. The van der Waals surface area contributed by atoms with E-state index in [4.69, 9.17) is 4.74 Å². The number of likely N-dealkylation sites (tertiary alicyclic amines) is 1. The normalized spacial score (nSPS) is 18.9. The topological polar surface area (TPSA) is 63.7 Å². The minimum Gasteiger partial charge on any atom is -0.444 e. The van der Waals surface area contributed by atoms with E-state index in [0.717, 1.165) is 0 Å². The Bertz CT molecular complexity index is 633. The van der Waals surface area contributed by atoms with Gasteiger partial charge in [-0.25, -0.2) is 9.18 Å². The van der Waals surface area contributed by atoms with E-state index < -0.39 is 23.4 Å². The average Bonchev–Trinajstić information content (AvgIpc) is 2.67. The summed E-state index contributed by atoms with van der Waals surface area (Å²) in [6.07, 6.45) is -0.129. The number of nitrogens with zero attached hydrogens (tertiary/aromatic N) is 1. The van der Waals surface area contributed by atoms with Crippen LogP contribution in [0.25, 0.3) is 0 Å². The maximum atomic E-state index is 13.0. The molecule has 0 aliphatic carbocycles. The molecule has 0 spiro atoms. The van der Waals surface area contributed by atoms with Crippen molar-refractivity contribution in [3.8, 4) is 0 Å². The second kappa shape index (κ2) is 7.11. The van der Waals surface area contributed by atoms with Gasteiger partial charge in [-0.3, -0.25) is 9.59 Å². The van der Waals surface area contributed by atoms with Gasteiger partial charge in [-0.15, -0.1) is 0 Å². The molecule has 1 saturated heterocycles. The van der Waals surface area contributed by atoms with Gasteiger partial charge in [0.05, 0.1) is 5.92 Å². The maximum absolute atomic E-state index is 13.0. The fourth-order valence-electron chi connectivity index (χ4n) is 2.58. The van der Waals surface area contributed by atoms with Gasteiger partial charge in [0, 0.05) is 25.1 Å². The van der Waals surface area contributed by atoms with Crippen LogP contribution in [0.2, 0.25) is 0 Å². The zero-order chi connectivity index (χ0) is 17.9. The molecule has 24 heavy (non-hydrogen) atoms. The Balaban J connectivity index is 2.06. The number of benzene rings is 1. The molecule has 1 aliphatic rings. The molecule has 5 nitrogen and oxygen atoms in total. The number of carbonyl (C=O) groups is 3. The Hall–Kier alpha value is -2.24. The third-order valence-corrected chi connectivity index (χ3v) is 3.80. The first-order chi connectivity index (χ1) is 11.2. The molecule has 1 aliphatic heterocycles. The van der Waals surface area contributed by atoms with Crippen molar-refractivity contribution < 1.29 is 23.5 Å². The van der Waals surface area contributed by atoms with Gasteiger partial charge in [-0.2, -0.15) is 0 Å². The second-order valence-electron chi connectivity index (χ2n) is 6.90. The van der Waals surface area contributed by atoms with Crippen molar-refractivity contribution in [3.05, 3.63) is 35.6 Å². The zero-order valence-electron chi connectivity index (χ0n) is 14.2. The third kappa shape index (κ3) is 4.63. The van der Waals surface area contributed by atoms with E-state index >= 15 is 0 Å². The van der Waals surface area contributed by atoms with Crippen LogP contribution < -0.4 is 0 Å². The van der Waals surface area contributed by atoms with Crippen LogP contribution >= 0.6 is 0 Å². The predicted octanol–water partition coefficient (Wildman–Crippen LogP) is 3.22. The molecule has 6 heteroatoms. The van der Waals surface area contributed by atoms with Crippen LogP contribution in [0.3, 0.4) is 0 Å². The van der Waals surface area contributed by atoms with Crippen LogP contribution in [-0.4, -0.2) is 41.3 Å². The molecule has 1 aromatic rings. The van der Waals surface area contributed by atoms with E-state index in [0.29, 0.717) is 5.56 Å². The minimum absolute atomic E-state index is 0.108. The quantitative estimate of drug-likeness (QED) is 0.615. The summed E-state index contributed by atoms with van der Waals surface area (Å²) < 4.78 is 18.3. The Labute approximate surface area is 140 Å². The standard InChI is InChI=1S/C18H22FNO4/c1-18(2,3)24-17(23)20-10-8-14(15(21)9-11-20)16(22)12-4-6-13(19)7-5-12/h4-7,14H,8-11H2,1-3H3. The fraction of sp³-hybridized carbons (Fsp3) is 0.500. The van der Waals surface area contributed by atoms with Gasteiger partial charge in [0.2, 0.25) is 0 Å². The van der Waals surface area contributed by atoms with Crippen LogP contribution in [0.4, 0.5) is 9.18 Å². The van der Waals surface area contributed by atoms with Crippen molar-refractivity contribution in [3.63, 3.8) is 0 Å². The molecule has 0 bridgehead atoms. The Kier molecular flexibility index (Phi) is 5.36. The monoisotopic (exact) mass is 335 g/mol. The maximum Gasteiger partial charge on any atom is 0.410 e. The molecule has 0 radical (unpaired) electrons. The SMILES string of the molecule is CC(C)(C)OC(=O)N1CCC(=O)C(C(=O)c2ccc(F)cc2)CC1. The lowest BCUT2D eigenvalue weighted by molar-refractivity contribution is -0.121. The molecule has 2 rings (SSSR count). The van der Waals surface area contributed by atoms with E-state index in [9.17, 15) is 18.8 Å². The summed E-state index contributed by atoms with van der Waals surface area (Å²) in [5.41, 5.74) is -0.308. The summed E-state index contributed by atoms with van der Waals surface area (Å²) in [4.78, 5) is 38.4. The van der Waals surface area contributed by atoms with Crippen molar-refractivity contribution in [2.45, 2.75) is 39.2 Å². The van der Waals surface area contributed by atoms with Crippen molar-refractivity contribution >= 4 is 17.7 Å². The number of ether oxygens (including phenoxy) is 1. The summed E-state index contributed by atoms with van der Waals surface area (Å²) in [5.74, 6) is -1.76. The summed E-state index contributed by atoms with van der Waals surface area (Å²) in [6, 6.07) is 5.14. The molecular weight excluding hydrogens is 313 g/mol.